The summed E-state index contributed by atoms with van der Waals surface area (Å²) in [6.45, 7) is 0.933. The van der Waals surface area contributed by atoms with Crippen LogP contribution < -0.4 is 10.1 Å². The second-order valence-corrected chi connectivity index (χ2v) is 4.83. The van der Waals surface area contributed by atoms with E-state index in [1.807, 2.05) is 24.3 Å². The third-order valence-electron chi connectivity index (χ3n) is 3.26. The van der Waals surface area contributed by atoms with E-state index in [1.165, 1.54) is 12.8 Å². The minimum absolute atomic E-state index is 0.729. The molecule has 100 valence electrons. The Balaban J connectivity index is 1.65. The normalized spacial score (nSPS) is 14.6. The van der Waals surface area contributed by atoms with Crippen LogP contribution in [0.3, 0.4) is 0 Å². The number of methoxy groups -OCH3 is 1. The lowest BCUT2D eigenvalue weighted by atomic mass is 10.2. The highest BCUT2D eigenvalue weighted by atomic mass is 16.5. The van der Waals surface area contributed by atoms with Crippen LogP contribution in [0, 0.1) is 0 Å². The summed E-state index contributed by atoms with van der Waals surface area (Å²) < 4.78 is 11.0. The molecule has 2 aromatic rings. The van der Waals surface area contributed by atoms with E-state index >= 15 is 0 Å². The van der Waals surface area contributed by atoms with E-state index in [0.29, 0.717) is 0 Å². The Hall–Kier alpha value is -1.81. The van der Waals surface area contributed by atoms with Gasteiger partial charge >= 0.3 is 0 Å². The summed E-state index contributed by atoms with van der Waals surface area (Å²) in [5.41, 5.74) is 0.994. The number of hydrogen-bond acceptors (Lipinski definition) is 4. The van der Waals surface area contributed by atoms with Gasteiger partial charge < -0.3 is 14.5 Å². The van der Waals surface area contributed by atoms with Gasteiger partial charge in [0, 0.05) is 24.6 Å². The van der Waals surface area contributed by atoms with Crippen molar-refractivity contribution in [2.75, 3.05) is 13.7 Å². The standard InChI is InChI=1S/C15H18N2O2/c1-18-13-4-2-3-11(9-13)14-10-17-15(19-14)7-8-16-12-5-6-12/h2-4,9-10,12,16H,5-8H2,1H3. The fourth-order valence-electron chi connectivity index (χ4n) is 2.01. The molecule has 0 unspecified atom stereocenters. The van der Waals surface area contributed by atoms with Gasteiger partial charge in [-0.2, -0.15) is 0 Å². The van der Waals surface area contributed by atoms with Crippen molar-refractivity contribution in [2.24, 2.45) is 0 Å². The Labute approximate surface area is 112 Å². The van der Waals surface area contributed by atoms with Crippen LogP contribution in [0.4, 0.5) is 0 Å². The average molecular weight is 258 g/mol. The summed E-state index contributed by atoms with van der Waals surface area (Å²) in [5, 5.41) is 3.45. The molecule has 19 heavy (non-hydrogen) atoms. The first-order valence-electron chi connectivity index (χ1n) is 6.67. The summed E-state index contributed by atoms with van der Waals surface area (Å²) in [7, 11) is 1.66. The van der Waals surface area contributed by atoms with Crippen molar-refractivity contribution in [1.82, 2.24) is 10.3 Å². The first-order valence-corrected chi connectivity index (χ1v) is 6.67. The number of hydrogen-bond donors (Lipinski definition) is 1. The molecular formula is C15H18N2O2. The van der Waals surface area contributed by atoms with E-state index in [2.05, 4.69) is 10.3 Å². The highest BCUT2D eigenvalue weighted by molar-refractivity contribution is 5.58. The molecule has 0 spiro atoms. The number of aromatic nitrogens is 1. The smallest absolute Gasteiger partial charge is 0.196 e. The molecule has 1 N–H and O–H groups in total. The molecule has 1 aromatic heterocycles. The Kier molecular flexibility index (Phi) is 3.51. The first-order chi connectivity index (χ1) is 9.35. The van der Waals surface area contributed by atoms with E-state index in [0.717, 1.165) is 42.0 Å². The lowest BCUT2D eigenvalue weighted by molar-refractivity contribution is 0.414. The van der Waals surface area contributed by atoms with Crippen molar-refractivity contribution < 1.29 is 9.15 Å². The minimum atomic E-state index is 0.729. The van der Waals surface area contributed by atoms with Gasteiger partial charge in [-0.05, 0) is 25.0 Å². The average Bonchev–Trinajstić information content (AvgIpc) is 3.15. The summed E-state index contributed by atoms with van der Waals surface area (Å²) in [4.78, 5) is 4.32. The van der Waals surface area contributed by atoms with Gasteiger partial charge in [0.15, 0.2) is 11.7 Å². The van der Waals surface area contributed by atoms with Crippen molar-refractivity contribution in [3.8, 4) is 17.1 Å². The highest BCUT2D eigenvalue weighted by Gasteiger charge is 2.20. The van der Waals surface area contributed by atoms with Gasteiger partial charge in [0.2, 0.25) is 0 Å². The van der Waals surface area contributed by atoms with Gasteiger partial charge in [-0.25, -0.2) is 4.98 Å². The molecule has 0 saturated heterocycles. The van der Waals surface area contributed by atoms with Crippen molar-refractivity contribution in [3.63, 3.8) is 0 Å². The molecule has 1 heterocycles. The number of oxazole rings is 1. The van der Waals surface area contributed by atoms with E-state index < -0.39 is 0 Å². The number of benzene rings is 1. The van der Waals surface area contributed by atoms with E-state index in [1.54, 1.807) is 13.3 Å². The second kappa shape index (κ2) is 5.45. The van der Waals surface area contributed by atoms with Crippen molar-refractivity contribution in [2.45, 2.75) is 25.3 Å². The molecule has 1 aromatic carbocycles. The minimum Gasteiger partial charge on any atom is -0.497 e. The molecular weight excluding hydrogens is 240 g/mol. The van der Waals surface area contributed by atoms with Gasteiger partial charge in [0.1, 0.15) is 5.75 Å². The zero-order valence-corrected chi connectivity index (χ0v) is 11.1. The molecule has 4 heteroatoms. The number of rotatable bonds is 6. The SMILES string of the molecule is COc1cccc(-c2cnc(CCNC3CC3)o2)c1. The van der Waals surface area contributed by atoms with Gasteiger partial charge in [0.25, 0.3) is 0 Å². The van der Waals surface area contributed by atoms with E-state index in [9.17, 15) is 0 Å². The van der Waals surface area contributed by atoms with Crippen LogP contribution in [-0.2, 0) is 6.42 Å². The van der Waals surface area contributed by atoms with Gasteiger partial charge in [-0.3, -0.25) is 0 Å². The quantitative estimate of drug-likeness (QED) is 0.865. The molecule has 1 saturated carbocycles. The molecule has 0 aliphatic heterocycles. The monoisotopic (exact) mass is 258 g/mol. The lowest BCUT2D eigenvalue weighted by Crippen LogP contribution is -2.19. The predicted octanol–water partition coefficient (Wildman–Crippen LogP) is 2.64. The molecule has 1 aliphatic rings. The summed E-state index contributed by atoms with van der Waals surface area (Å²) in [6, 6.07) is 8.54. The maximum atomic E-state index is 5.76. The molecule has 0 bridgehead atoms. The first kappa shape index (κ1) is 12.2. The Morgan fingerprint density at radius 1 is 1.42 bits per heavy atom. The molecule has 0 atom stereocenters. The van der Waals surface area contributed by atoms with Crippen molar-refractivity contribution in [1.29, 1.82) is 0 Å². The van der Waals surface area contributed by atoms with Crippen LogP contribution in [0.1, 0.15) is 18.7 Å². The topological polar surface area (TPSA) is 47.3 Å². The fourth-order valence-corrected chi connectivity index (χ4v) is 2.01. The van der Waals surface area contributed by atoms with Crippen LogP contribution >= 0.6 is 0 Å². The third kappa shape index (κ3) is 3.15. The molecule has 0 radical (unpaired) electrons. The third-order valence-corrected chi connectivity index (χ3v) is 3.26. The lowest BCUT2D eigenvalue weighted by Gasteiger charge is -2.01. The van der Waals surface area contributed by atoms with Crippen LogP contribution in [-0.4, -0.2) is 24.7 Å². The maximum absolute atomic E-state index is 5.76. The van der Waals surface area contributed by atoms with Gasteiger partial charge in [-0.1, -0.05) is 12.1 Å². The van der Waals surface area contributed by atoms with Crippen LogP contribution in [0.25, 0.3) is 11.3 Å². The van der Waals surface area contributed by atoms with Gasteiger partial charge in [0.05, 0.1) is 13.3 Å². The van der Waals surface area contributed by atoms with Crippen LogP contribution in [0.2, 0.25) is 0 Å². The molecule has 3 rings (SSSR count). The molecule has 1 aliphatic carbocycles. The fraction of sp³-hybridized carbons (Fsp3) is 0.400. The molecule has 4 nitrogen and oxygen atoms in total. The maximum Gasteiger partial charge on any atom is 0.196 e. The Morgan fingerprint density at radius 3 is 3.11 bits per heavy atom. The summed E-state index contributed by atoms with van der Waals surface area (Å²) >= 11 is 0. The number of nitrogens with zero attached hydrogens (tertiary/aromatic N) is 1. The summed E-state index contributed by atoms with van der Waals surface area (Å²) in [6.07, 6.45) is 5.23. The zero-order chi connectivity index (χ0) is 13.1. The van der Waals surface area contributed by atoms with Crippen molar-refractivity contribution >= 4 is 0 Å². The molecule has 0 amide bonds. The van der Waals surface area contributed by atoms with Gasteiger partial charge in [-0.15, -0.1) is 0 Å². The number of ether oxygens (including phenoxy) is 1. The van der Waals surface area contributed by atoms with E-state index in [4.69, 9.17) is 9.15 Å². The summed E-state index contributed by atoms with van der Waals surface area (Å²) in [5.74, 6) is 2.40. The number of nitrogens with one attached hydrogen (secondary N) is 1. The molecule has 1 fully saturated rings. The Morgan fingerprint density at radius 2 is 2.32 bits per heavy atom. The second-order valence-electron chi connectivity index (χ2n) is 4.83. The van der Waals surface area contributed by atoms with E-state index in [-0.39, 0.29) is 0 Å². The van der Waals surface area contributed by atoms with Crippen LogP contribution in [0.15, 0.2) is 34.9 Å². The Bertz CT molecular complexity index is 547. The van der Waals surface area contributed by atoms with Crippen LogP contribution in [0.5, 0.6) is 5.75 Å². The predicted molar refractivity (Wildman–Crippen MR) is 73.2 cm³/mol. The highest BCUT2D eigenvalue weighted by Crippen LogP contribution is 2.24. The largest absolute Gasteiger partial charge is 0.497 e. The zero-order valence-electron chi connectivity index (χ0n) is 11.1. The van der Waals surface area contributed by atoms with Crippen molar-refractivity contribution in [3.05, 3.63) is 36.4 Å².